The molecule has 1 atom stereocenters. The largest absolute Gasteiger partial charge is 0.394 e. The van der Waals surface area contributed by atoms with Gasteiger partial charge in [-0.15, -0.1) is 0 Å². The van der Waals surface area contributed by atoms with Crippen LogP contribution in [0.4, 0.5) is 10.5 Å². The first kappa shape index (κ1) is 15.5. The molecule has 1 rings (SSSR count). The fourth-order valence-electron chi connectivity index (χ4n) is 1.97. The Bertz CT molecular complexity index is 431. The van der Waals surface area contributed by atoms with Crippen LogP contribution in [0.15, 0.2) is 4.52 Å². The summed E-state index contributed by atoms with van der Waals surface area (Å²) in [6.45, 7) is 7.43. The van der Waals surface area contributed by atoms with Crippen LogP contribution in [0.5, 0.6) is 0 Å². The molecule has 1 heterocycles. The molecule has 6 heteroatoms. The van der Waals surface area contributed by atoms with Crippen LogP contribution in [-0.4, -0.2) is 28.4 Å². The highest BCUT2D eigenvalue weighted by Gasteiger charge is 2.25. The van der Waals surface area contributed by atoms with Crippen LogP contribution in [0, 0.1) is 6.92 Å². The van der Waals surface area contributed by atoms with Crippen LogP contribution >= 0.6 is 0 Å². The van der Waals surface area contributed by atoms with Gasteiger partial charge in [0.05, 0.1) is 12.1 Å². The van der Waals surface area contributed by atoms with Gasteiger partial charge in [-0.3, -0.25) is 0 Å². The number of urea groups is 1. The van der Waals surface area contributed by atoms with E-state index in [2.05, 4.69) is 15.8 Å². The first-order valence-electron chi connectivity index (χ1n) is 6.61. The van der Waals surface area contributed by atoms with E-state index in [1.165, 1.54) is 0 Å². The number of amides is 2. The van der Waals surface area contributed by atoms with Crippen LogP contribution in [0.25, 0.3) is 0 Å². The van der Waals surface area contributed by atoms with Gasteiger partial charge in [0, 0.05) is 6.42 Å². The van der Waals surface area contributed by atoms with E-state index >= 15 is 0 Å². The fourth-order valence-corrected chi connectivity index (χ4v) is 1.97. The molecular formula is C13H23N3O3. The molecule has 0 aromatic carbocycles. The summed E-state index contributed by atoms with van der Waals surface area (Å²) >= 11 is 0. The molecule has 0 aliphatic carbocycles. The molecule has 1 aromatic heterocycles. The van der Waals surface area contributed by atoms with Crippen LogP contribution < -0.4 is 10.6 Å². The fraction of sp³-hybridized carbons (Fsp3) is 0.692. The first-order valence-corrected chi connectivity index (χ1v) is 6.61. The van der Waals surface area contributed by atoms with Crippen LogP contribution in [0.1, 0.15) is 45.1 Å². The third-order valence-electron chi connectivity index (χ3n) is 3.06. The molecule has 19 heavy (non-hydrogen) atoms. The molecule has 0 fully saturated rings. The molecule has 2 amide bonds. The number of carbonyl (C=O) groups excluding carboxylic acids is 1. The minimum absolute atomic E-state index is 0.0997. The van der Waals surface area contributed by atoms with Gasteiger partial charge in [0.2, 0.25) is 0 Å². The average Bonchev–Trinajstić information content (AvgIpc) is 2.70. The lowest BCUT2D eigenvalue weighted by atomic mass is 9.98. The molecule has 0 saturated carbocycles. The quantitative estimate of drug-likeness (QED) is 0.739. The Morgan fingerprint density at radius 2 is 2.16 bits per heavy atom. The second-order valence-corrected chi connectivity index (χ2v) is 4.97. The number of anilines is 1. The number of carbonyl (C=O) groups is 1. The highest BCUT2D eigenvalue weighted by atomic mass is 16.5. The predicted octanol–water partition coefficient (Wildman–Crippen LogP) is 2.22. The molecule has 0 bridgehead atoms. The van der Waals surface area contributed by atoms with Gasteiger partial charge in [0.1, 0.15) is 11.4 Å². The Labute approximate surface area is 113 Å². The van der Waals surface area contributed by atoms with Gasteiger partial charge < -0.3 is 20.3 Å². The summed E-state index contributed by atoms with van der Waals surface area (Å²) in [5, 5.41) is 18.7. The molecule has 0 aliphatic heterocycles. The molecule has 3 N–H and O–H groups in total. The molecule has 1 aromatic rings. The number of hydrogen-bond acceptors (Lipinski definition) is 4. The third kappa shape index (κ3) is 3.96. The van der Waals surface area contributed by atoms with Crippen molar-refractivity contribution in [1.29, 1.82) is 0 Å². The highest BCUT2D eigenvalue weighted by molar-refractivity contribution is 5.90. The van der Waals surface area contributed by atoms with E-state index in [0.29, 0.717) is 30.0 Å². The summed E-state index contributed by atoms with van der Waals surface area (Å²) in [5.41, 5.74) is 0.640. The van der Waals surface area contributed by atoms with Crippen molar-refractivity contribution in [3.63, 3.8) is 0 Å². The van der Waals surface area contributed by atoms with Gasteiger partial charge in [-0.25, -0.2) is 4.79 Å². The highest BCUT2D eigenvalue weighted by Crippen LogP contribution is 2.20. The molecule has 0 aliphatic rings. The summed E-state index contributed by atoms with van der Waals surface area (Å²) in [6, 6.07) is -0.356. The topological polar surface area (TPSA) is 87.4 Å². The monoisotopic (exact) mass is 269 g/mol. The van der Waals surface area contributed by atoms with Crippen molar-refractivity contribution in [3.05, 3.63) is 11.5 Å². The summed E-state index contributed by atoms with van der Waals surface area (Å²) < 4.78 is 5.11. The van der Waals surface area contributed by atoms with E-state index in [-0.39, 0.29) is 12.6 Å². The maximum Gasteiger partial charge on any atom is 0.319 e. The summed E-state index contributed by atoms with van der Waals surface area (Å²) in [5.74, 6) is 0.647. The van der Waals surface area contributed by atoms with Gasteiger partial charge in [0.25, 0.3) is 0 Å². The van der Waals surface area contributed by atoms with Crippen LogP contribution in [0.2, 0.25) is 0 Å². The van der Waals surface area contributed by atoms with E-state index in [9.17, 15) is 9.90 Å². The van der Waals surface area contributed by atoms with E-state index in [1.807, 2.05) is 20.8 Å². The van der Waals surface area contributed by atoms with Crippen LogP contribution in [0.3, 0.4) is 0 Å². The number of aliphatic hydroxyl groups is 1. The van der Waals surface area contributed by atoms with Gasteiger partial charge >= 0.3 is 6.03 Å². The number of rotatable bonds is 6. The lowest BCUT2D eigenvalue weighted by Crippen LogP contribution is -2.50. The molecular weight excluding hydrogens is 246 g/mol. The Kier molecular flexibility index (Phi) is 5.35. The molecule has 108 valence electrons. The molecule has 0 saturated heterocycles. The van der Waals surface area contributed by atoms with Crippen molar-refractivity contribution < 1.29 is 14.4 Å². The summed E-state index contributed by atoms with van der Waals surface area (Å²) in [6.07, 6.45) is 2.24. The first-order chi connectivity index (χ1) is 8.95. The van der Waals surface area contributed by atoms with Crippen molar-refractivity contribution in [2.75, 3.05) is 11.9 Å². The number of aliphatic hydroxyl groups excluding tert-OH is 1. The Morgan fingerprint density at radius 3 is 2.68 bits per heavy atom. The van der Waals surface area contributed by atoms with E-state index in [1.54, 1.807) is 6.92 Å². The van der Waals surface area contributed by atoms with Crippen molar-refractivity contribution in [3.8, 4) is 0 Å². The molecule has 6 nitrogen and oxygen atoms in total. The zero-order valence-corrected chi connectivity index (χ0v) is 12.0. The van der Waals surface area contributed by atoms with Crippen molar-refractivity contribution in [2.24, 2.45) is 0 Å². The smallest absolute Gasteiger partial charge is 0.319 e. The Hall–Kier alpha value is -1.56. The van der Waals surface area contributed by atoms with E-state index in [0.717, 1.165) is 6.42 Å². The molecule has 0 spiro atoms. The minimum Gasteiger partial charge on any atom is -0.394 e. The average molecular weight is 269 g/mol. The lowest BCUT2D eigenvalue weighted by Gasteiger charge is -2.28. The lowest BCUT2D eigenvalue weighted by molar-refractivity contribution is 0.167. The second kappa shape index (κ2) is 6.56. The Morgan fingerprint density at radius 1 is 1.47 bits per heavy atom. The number of aromatic nitrogens is 1. The number of nitrogens with zero attached hydrogens (tertiary/aromatic N) is 1. The van der Waals surface area contributed by atoms with Gasteiger partial charge in [-0.1, -0.05) is 25.4 Å². The zero-order chi connectivity index (χ0) is 14.5. The number of hydrogen-bond donors (Lipinski definition) is 3. The van der Waals surface area contributed by atoms with Crippen molar-refractivity contribution >= 4 is 11.7 Å². The number of aryl methyl sites for hydroxylation is 2. The molecule has 0 radical (unpaired) electrons. The maximum atomic E-state index is 12.0. The van der Waals surface area contributed by atoms with E-state index in [4.69, 9.17) is 4.52 Å². The Balaban J connectivity index is 2.72. The van der Waals surface area contributed by atoms with Gasteiger partial charge in [0.15, 0.2) is 5.76 Å². The summed E-state index contributed by atoms with van der Waals surface area (Å²) in [4.78, 5) is 12.0. The third-order valence-corrected chi connectivity index (χ3v) is 3.06. The van der Waals surface area contributed by atoms with Crippen LogP contribution in [-0.2, 0) is 6.42 Å². The predicted molar refractivity (Wildman–Crippen MR) is 73.2 cm³/mol. The van der Waals surface area contributed by atoms with Gasteiger partial charge in [-0.05, 0) is 20.3 Å². The van der Waals surface area contributed by atoms with Crippen molar-refractivity contribution in [1.82, 2.24) is 10.5 Å². The minimum atomic E-state index is -0.615. The summed E-state index contributed by atoms with van der Waals surface area (Å²) in [7, 11) is 0. The van der Waals surface area contributed by atoms with Gasteiger partial charge in [-0.2, -0.15) is 0 Å². The van der Waals surface area contributed by atoms with E-state index < -0.39 is 5.54 Å². The zero-order valence-electron chi connectivity index (χ0n) is 12.0. The van der Waals surface area contributed by atoms with Crippen molar-refractivity contribution in [2.45, 2.75) is 52.5 Å². The molecule has 1 unspecified atom stereocenters. The SMILES string of the molecule is CCCC(C)(CO)NC(=O)Nc1c(C)noc1CC. The second-order valence-electron chi connectivity index (χ2n) is 4.97. The normalized spacial score (nSPS) is 13.9. The standard InChI is InChI=1S/C13H23N3O3/c1-5-7-13(4,8-17)15-12(18)14-11-9(3)16-19-10(11)6-2/h17H,5-8H2,1-4H3,(H2,14,15,18). The number of nitrogens with one attached hydrogen (secondary N) is 2. The maximum absolute atomic E-state index is 12.0.